The maximum absolute atomic E-state index is 5.23. The van der Waals surface area contributed by atoms with E-state index in [9.17, 15) is 0 Å². The van der Waals surface area contributed by atoms with E-state index in [2.05, 4.69) is 17.0 Å². The number of hydrogen-bond donors (Lipinski definition) is 0. The Morgan fingerprint density at radius 1 is 1.06 bits per heavy atom. The smallest absolute Gasteiger partial charge is 0.129 e. The number of anilines is 1. The van der Waals surface area contributed by atoms with Gasteiger partial charge in [0.1, 0.15) is 11.6 Å². The molecule has 0 spiro atoms. The van der Waals surface area contributed by atoms with Crippen molar-refractivity contribution in [3.8, 4) is 5.75 Å². The van der Waals surface area contributed by atoms with Gasteiger partial charge in [-0.3, -0.25) is 0 Å². The quantitative estimate of drug-likeness (QED) is 0.808. The van der Waals surface area contributed by atoms with E-state index in [0.29, 0.717) is 0 Å². The third-order valence-corrected chi connectivity index (χ3v) is 3.56. The van der Waals surface area contributed by atoms with Gasteiger partial charge in [0, 0.05) is 18.5 Å². The lowest BCUT2D eigenvalue weighted by molar-refractivity contribution is 0.415. The summed E-state index contributed by atoms with van der Waals surface area (Å²) in [7, 11) is 1.69. The van der Waals surface area contributed by atoms with Crippen molar-refractivity contribution in [2.75, 3.05) is 25.1 Å². The summed E-state index contributed by atoms with van der Waals surface area (Å²) in [6.45, 7) is 2.27. The number of aromatic nitrogens is 1. The number of benzene rings is 1. The Bertz CT molecular complexity index is 547. The topological polar surface area (TPSA) is 25.4 Å². The fraction of sp³-hybridized carbons (Fsp3) is 0.400. The molecule has 2 aromatic rings. The fourth-order valence-electron chi connectivity index (χ4n) is 2.52. The van der Waals surface area contributed by atoms with Crippen LogP contribution < -0.4 is 9.64 Å². The van der Waals surface area contributed by atoms with Crippen LogP contribution in [0.5, 0.6) is 5.75 Å². The van der Waals surface area contributed by atoms with Gasteiger partial charge in [0.2, 0.25) is 0 Å². The molecule has 1 aromatic carbocycles. The number of piperidine rings is 1. The third kappa shape index (κ3) is 2.13. The second kappa shape index (κ2) is 4.84. The van der Waals surface area contributed by atoms with Crippen LogP contribution in [0.2, 0.25) is 0 Å². The van der Waals surface area contributed by atoms with Gasteiger partial charge >= 0.3 is 0 Å². The Kier molecular flexibility index (Phi) is 3.05. The van der Waals surface area contributed by atoms with Crippen LogP contribution in [0.1, 0.15) is 19.3 Å². The number of fused-ring (bicyclic) bond motifs is 1. The van der Waals surface area contributed by atoms with Gasteiger partial charge < -0.3 is 9.64 Å². The first-order valence-electron chi connectivity index (χ1n) is 6.56. The van der Waals surface area contributed by atoms with E-state index in [1.807, 2.05) is 18.2 Å². The molecule has 0 bridgehead atoms. The molecule has 3 nitrogen and oxygen atoms in total. The number of hydrogen-bond acceptors (Lipinski definition) is 3. The van der Waals surface area contributed by atoms with Gasteiger partial charge in [-0.25, -0.2) is 4.98 Å². The zero-order valence-corrected chi connectivity index (χ0v) is 10.7. The average molecular weight is 242 g/mol. The van der Waals surface area contributed by atoms with E-state index in [1.165, 1.54) is 19.3 Å². The first-order chi connectivity index (χ1) is 8.86. The van der Waals surface area contributed by atoms with Gasteiger partial charge in [0.25, 0.3) is 0 Å². The van der Waals surface area contributed by atoms with Crippen LogP contribution in [0, 0.1) is 0 Å². The van der Waals surface area contributed by atoms with Crippen molar-refractivity contribution < 1.29 is 4.74 Å². The maximum atomic E-state index is 5.23. The average Bonchev–Trinajstić information content (AvgIpc) is 2.47. The van der Waals surface area contributed by atoms with Crippen molar-refractivity contribution in [2.45, 2.75) is 19.3 Å². The molecular formula is C15H18N2O. The van der Waals surface area contributed by atoms with Crippen LogP contribution >= 0.6 is 0 Å². The summed E-state index contributed by atoms with van der Waals surface area (Å²) in [5, 5.41) is 1.13. The molecule has 3 rings (SSSR count). The molecule has 94 valence electrons. The van der Waals surface area contributed by atoms with Gasteiger partial charge in [0.05, 0.1) is 12.6 Å². The maximum Gasteiger partial charge on any atom is 0.129 e. The predicted molar refractivity (Wildman–Crippen MR) is 74.4 cm³/mol. The minimum absolute atomic E-state index is 0.884. The van der Waals surface area contributed by atoms with Crippen molar-refractivity contribution in [1.29, 1.82) is 0 Å². The predicted octanol–water partition coefficient (Wildman–Crippen LogP) is 3.23. The zero-order chi connectivity index (χ0) is 12.4. The normalized spacial score (nSPS) is 15.9. The standard InChI is InChI=1S/C15H18N2O/c1-18-13-6-7-14-12(11-13)5-8-15(16-14)17-9-3-2-4-10-17/h5-8,11H,2-4,9-10H2,1H3. The van der Waals surface area contributed by atoms with Crippen LogP contribution in [0.4, 0.5) is 5.82 Å². The molecule has 0 radical (unpaired) electrons. The van der Waals surface area contributed by atoms with Crippen molar-refractivity contribution in [2.24, 2.45) is 0 Å². The third-order valence-electron chi connectivity index (χ3n) is 3.56. The van der Waals surface area contributed by atoms with E-state index >= 15 is 0 Å². The molecule has 1 aliphatic rings. The van der Waals surface area contributed by atoms with Gasteiger partial charge in [-0.05, 0) is 49.6 Å². The van der Waals surface area contributed by atoms with E-state index in [0.717, 1.165) is 35.6 Å². The van der Waals surface area contributed by atoms with Crippen LogP contribution in [0.25, 0.3) is 10.9 Å². The summed E-state index contributed by atoms with van der Waals surface area (Å²) in [4.78, 5) is 7.13. The Labute approximate surface area is 107 Å². The highest BCUT2D eigenvalue weighted by Gasteiger charge is 2.12. The van der Waals surface area contributed by atoms with Gasteiger partial charge in [-0.2, -0.15) is 0 Å². The Hall–Kier alpha value is -1.77. The molecule has 0 N–H and O–H groups in total. The minimum Gasteiger partial charge on any atom is -0.497 e. The highest BCUT2D eigenvalue weighted by Crippen LogP contribution is 2.24. The molecule has 0 saturated carbocycles. The number of methoxy groups -OCH3 is 1. The summed E-state index contributed by atoms with van der Waals surface area (Å²) < 4.78 is 5.23. The molecule has 1 fully saturated rings. The van der Waals surface area contributed by atoms with Crippen LogP contribution in [-0.4, -0.2) is 25.2 Å². The molecular weight excluding hydrogens is 224 g/mol. The lowest BCUT2D eigenvalue weighted by Gasteiger charge is -2.27. The number of nitrogens with zero attached hydrogens (tertiary/aromatic N) is 2. The first kappa shape index (κ1) is 11.3. The van der Waals surface area contributed by atoms with Crippen LogP contribution in [-0.2, 0) is 0 Å². The molecule has 0 aliphatic carbocycles. The molecule has 18 heavy (non-hydrogen) atoms. The van der Waals surface area contributed by atoms with Crippen molar-refractivity contribution in [3.63, 3.8) is 0 Å². The Morgan fingerprint density at radius 3 is 2.67 bits per heavy atom. The summed E-state index contributed by atoms with van der Waals surface area (Å²) >= 11 is 0. The highest BCUT2D eigenvalue weighted by molar-refractivity contribution is 5.81. The number of ether oxygens (including phenoxy) is 1. The second-order valence-electron chi connectivity index (χ2n) is 4.78. The minimum atomic E-state index is 0.884. The lowest BCUT2D eigenvalue weighted by Crippen LogP contribution is -2.30. The molecule has 3 heteroatoms. The van der Waals surface area contributed by atoms with E-state index in [4.69, 9.17) is 9.72 Å². The number of rotatable bonds is 2. The van der Waals surface area contributed by atoms with Crippen LogP contribution in [0.3, 0.4) is 0 Å². The molecule has 1 aromatic heterocycles. The second-order valence-corrected chi connectivity index (χ2v) is 4.78. The molecule has 1 saturated heterocycles. The van der Waals surface area contributed by atoms with Crippen molar-refractivity contribution >= 4 is 16.7 Å². The largest absolute Gasteiger partial charge is 0.497 e. The van der Waals surface area contributed by atoms with E-state index < -0.39 is 0 Å². The first-order valence-corrected chi connectivity index (χ1v) is 6.56. The van der Waals surface area contributed by atoms with E-state index in [1.54, 1.807) is 7.11 Å². The van der Waals surface area contributed by atoms with Crippen molar-refractivity contribution in [3.05, 3.63) is 30.3 Å². The monoisotopic (exact) mass is 242 g/mol. The van der Waals surface area contributed by atoms with Crippen LogP contribution in [0.15, 0.2) is 30.3 Å². The molecule has 0 atom stereocenters. The Balaban J connectivity index is 1.95. The molecule has 0 amide bonds. The Morgan fingerprint density at radius 2 is 1.89 bits per heavy atom. The van der Waals surface area contributed by atoms with Gasteiger partial charge in [-0.1, -0.05) is 0 Å². The summed E-state index contributed by atoms with van der Waals surface area (Å²) in [6.07, 6.45) is 3.91. The zero-order valence-electron chi connectivity index (χ0n) is 10.7. The molecule has 2 heterocycles. The summed E-state index contributed by atoms with van der Waals surface area (Å²) in [6, 6.07) is 10.3. The highest BCUT2D eigenvalue weighted by atomic mass is 16.5. The fourth-order valence-corrected chi connectivity index (χ4v) is 2.52. The van der Waals surface area contributed by atoms with E-state index in [-0.39, 0.29) is 0 Å². The van der Waals surface area contributed by atoms with Gasteiger partial charge in [0.15, 0.2) is 0 Å². The lowest BCUT2D eigenvalue weighted by atomic mass is 10.1. The SMILES string of the molecule is COc1ccc2nc(N3CCCCC3)ccc2c1. The summed E-state index contributed by atoms with van der Waals surface area (Å²) in [5.41, 5.74) is 1.04. The molecule has 1 aliphatic heterocycles. The number of pyridine rings is 1. The molecule has 0 unspecified atom stereocenters. The van der Waals surface area contributed by atoms with Gasteiger partial charge in [-0.15, -0.1) is 0 Å². The van der Waals surface area contributed by atoms with Crippen molar-refractivity contribution in [1.82, 2.24) is 4.98 Å². The summed E-state index contributed by atoms with van der Waals surface area (Å²) in [5.74, 6) is 1.99.